The van der Waals surface area contributed by atoms with E-state index in [0.717, 1.165) is 43.1 Å². The molecule has 0 amide bonds. The smallest absolute Gasteiger partial charge is 0.371 e. The molecule has 0 saturated heterocycles. The van der Waals surface area contributed by atoms with E-state index in [1.165, 1.54) is 0 Å². The first kappa shape index (κ1) is 26.7. The van der Waals surface area contributed by atoms with Crippen LogP contribution in [0, 0.1) is 11.3 Å². The van der Waals surface area contributed by atoms with Gasteiger partial charge in [-0.2, -0.15) is 5.26 Å². The van der Waals surface area contributed by atoms with Crippen LogP contribution in [0.15, 0.2) is 91.1 Å². The zero-order chi connectivity index (χ0) is 24.0. The van der Waals surface area contributed by atoms with Gasteiger partial charge < -0.3 is 17.1 Å². The predicted octanol–water partition coefficient (Wildman–Crippen LogP) is 3.54. The third-order valence-electron chi connectivity index (χ3n) is 5.88. The molecule has 0 radical (unpaired) electrons. The number of aryl methyl sites for hydroxylation is 1. The summed E-state index contributed by atoms with van der Waals surface area (Å²) < 4.78 is 6.50. The third kappa shape index (κ3) is 5.86. The highest BCUT2D eigenvalue weighted by molar-refractivity contribution is 9.10. The van der Waals surface area contributed by atoms with Crippen LogP contribution in [0.5, 0.6) is 5.75 Å². The molecule has 0 fully saturated rings. The monoisotopic (exact) mass is 566 g/mol. The van der Waals surface area contributed by atoms with Gasteiger partial charge in [-0.3, -0.25) is 0 Å². The molecule has 0 bridgehead atoms. The van der Waals surface area contributed by atoms with Crippen molar-refractivity contribution in [2.24, 2.45) is 10.1 Å². The Kier molecular flexibility index (Phi) is 9.31. The molecule has 0 aliphatic carbocycles. The van der Waals surface area contributed by atoms with Crippen molar-refractivity contribution >= 4 is 40.4 Å². The molecular weight excluding hydrogens is 544 g/mol. The molecule has 1 unspecified atom stereocenters. The van der Waals surface area contributed by atoms with Crippen molar-refractivity contribution in [1.29, 1.82) is 5.26 Å². The number of methoxy groups -OCH3 is 1. The molecule has 0 saturated carbocycles. The normalized spacial score (nSPS) is 13.5. The summed E-state index contributed by atoms with van der Waals surface area (Å²) in [5.41, 5.74) is 2.30. The van der Waals surface area contributed by atoms with Crippen molar-refractivity contribution < 1.29 is 17.1 Å². The van der Waals surface area contributed by atoms with Gasteiger partial charge in [-0.1, -0.05) is 64.9 Å². The number of nitrogens with zero attached hydrogens (tertiary/aromatic N) is 4. The van der Waals surface area contributed by atoms with Crippen molar-refractivity contribution in [1.82, 2.24) is 5.01 Å². The van der Waals surface area contributed by atoms with Crippen LogP contribution in [0.1, 0.15) is 30.0 Å². The molecule has 0 aromatic heterocycles. The Hall–Kier alpha value is -2.88. The standard InChI is InChI=1S/C27H24BrN4OS.ClH/c1-3-20-16-23(34-26-7-5-4-6-25(26)33-2)12-13-24(20)27(17-29,14-15-32-19-30-18-31-32)21-8-10-22(28)11-9-21;/h4-13,16,19H,3,14-15H2,1-2H3;1H/q+1;/p-1. The maximum Gasteiger partial charge on any atom is 0.371 e. The zero-order valence-electron chi connectivity index (χ0n) is 19.4. The van der Waals surface area contributed by atoms with Gasteiger partial charge in [0.1, 0.15) is 11.2 Å². The van der Waals surface area contributed by atoms with E-state index in [2.05, 4.69) is 69.6 Å². The molecule has 0 spiro atoms. The molecule has 178 valence electrons. The molecule has 1 heterocycles. The lowest BCUT2D eigenvalue weighted by Crippen LogP contribution is -3.00. The summed E-state index contributed by atoms with van der Waals surface area (Å²) >= 11 is 5.18. The summed E-state index contributed by atoms with van der Waals surface area (Å²) in [7, 11) is 1.69. The molecule has 1 aliphatic heterocycles. The van der Waals surface area contributed by atoms with E-state index >= 15 is 0 Å². The topological polar surface area (TPSA) is 61.0 Å². The second-order valence-electron chi connectivity index (χ2n) is 7.81. The van der Waals surface area contributed by atoms with Gasteiger partial charge >= 0.3 is 6.34 Å². The van der Waals surface area contributed by atoms with Gasteiger partial charge in [-0.05, 0) is 65.9 Å². The SMILES string of the molecule is CCc1cc(Sc2ccccc2OC)ccc1C(C#N)(CCN1C=N[C+]=N1)c1ccc(Br)cc1.[Cl-]. The molecule has 1 atom stereocenters. The number of hydrazone groups is 1. The molecule has 5 nitrogen and oxygen atoms in total. The number of benzene rings is 3. The molecule has 3 aromatic rings. The Labute approximate surface area is 225 Å². The highest BCUT2D eigenvalue weighted by Gasteiger charge is 2.37. The van der Waals surface area contributed by atoms with Crippen LogP contribution in [0.4, 0.5) is 0 Å². The van der Waals surface area contributed by atoms with Crippen molar-refractivity contribution in [3.63, 3.8) is 0 Å². The van der Waals surface area contributed by atoms with Gasteiger partial charge in [-0.25, -0.2) is 0 Å². The largest absolute Gasteiger partial charge is 1.00 e. The van der Waals surface area contributed by atoms with Crippen molar-refractivity contribution in [3.8, 4) is 11.8 Å². The number of ether oxygens (including phenoxy) is 1. The second-order valence-corrected chi connectivity index (χ2v) is 9.84. The summed E-state index contributed by atoms with van der Waals surface area (Å²) in [5, 5.41) is 16.5. The van der Waals surface area contributed by atoms with Crippen LogP contribution in [-0.4, -0.2) is 31.3 Å². The Morgan fingerprint density at radius 3 is 2.57 bits per heavy atom. The number of halogens is 2. The lowest BCUT2D eigenvalue weighted by molar-refractivity contribution is -0.00000726. The fraction of sp³-hybridized carbons (Fsp3) is 0.222. The van der Waals surface area contributed by atoms with Crippen molar-refractivity contribution in [2.45, 2.75) is 35.0 Å². The summed E-state index contributed by atoms with van der Waals surface area (Å²) in [6, 6.07) is 25.1. The minimum atomic E-state index is -0.828. The quantitative estimate of drug-likeness (QED) is 0.371. The Morgan fingerprint density at radius 2 is 1.91 bits per heavy atom. The number of nitriles is 1. The Balaban J connectivity index is 0.00000342. The number of aliphatic imine (C=N–C) groups is 1. The molecule has 0 N–H and O–H groups in total. The first-order chi connectivity index (χ1) is 16.6. The molecular formula is C27H24BrClN4OS. The highest BCUT2D eigenvalue weighted by Crippen LogP contribution is 2.41. The number of para-hydroxylation sites is 1. The molecule has 35 heavy (non-hydrogen) atoms. The minimum Gasteiger partial charge on any atom is -1.00 e. The van der Waals surface area contributed by atoms with Crippen molar-refractivity contribution in [3.05, 3.63) is 87.9 Å². The van der Waals surface area contributed by atoms with Crippen molar-refractivity contribution in [2.75, 3.05) is 13.7 Å². The van der Waals surface area contributed by atoms with Crippen LogP contribution in [0.2, 0.25) is 0 Å². The lowest BCUT2D eigenvalue weighted by Gasteiger charge is -2.30. The van der Waals surface area contributed by atoms with Gasteiger partial charge in [0.15, 0.2) is 0 Å². The van der Waals surface area contributed by atoms with E-state index < -0.39 is 5.41 Å². The average Bonchev–Trinajstić information content (AvgIpc) is 3.40. The fourth-order valence-electron chi connectivity index (χ4n) is 4.11. The Morgan fingerprint density at radius 1 is 1.14 bits per heavy atom. The average molecular weight is 568 g/mol. The van der Waals surface area contributed by atoms with Crippen LogP contribution < -0.4 is 17.1 Å². The number of hydrogen-bond donors (Lipinski definition) is 0. The molecule has 1 aliphatic rings. The van der Waals surface area contributed by atoms with E-state index in [1.54, 1.807) is 30.2 Å². The van der Waals surface area contributed by atoms with Crippen LogP contribution in [-0.2, 0) is 11.8 Å². The third-order valence-corrected chi connectivity index (χ3v) is 7.46. The van der Waals surface area contributed by atoms with Gasteiger partial charge in [0.05, 0.1) is 24.6 Å². The maximum atomic E-state index is 10.6. The highest BCUT2D eigenvalue weighted by atomic mass is 79.9. The number of rotatable bonds is 9. The Bertz CT molecular complexity index is 1250. The maximum absolute atomic E-state index is 10.6. The summed E-state index contributed by atoms with van der Waals surface area (Å²) in [5.74, 6) is 0.848. The summed E-state index contributed by atoms with van der Waals surface area (Å²) in [6.45, 7) is 2.69. The van der Waals surface area contributed by atoms with E-state index in [0.29, 0.717) is 13.0 Å². The van der Waals surface area contributed by atoms with E-state index in [1.807, 2.05) is 42.5 Å². The van der Waals surface area contributed by atoms with Crippen LogP contribution in [0.25, 0.3) is 0 Å². The second kappa shape index (κ2) is 12.2. The van der Waals surface area contributed by atoms with Gasteiger partial charge in [0.2, 0.25) is 0 Å². The summed E-state index contributed by atoms with van der Waals surface area (Å²) in [4.78, 5) is 6.10. The van der Waals surface area contributed by atoms with Crippen LogP contribution >= 0.6 is 27.7 Å². The van der Waals surface area contributed by atoms with E-state index in [4.69, 9.17) is 4.74 Å². The molecule has 4 rings (SSSR count). The van der Waals surface area contributed by atoms with E-state index in [9.17, 15) is 5.26 Å². The van der Waals surface area contributed by atoms with Gasteiger partial charge in [0, 0.05) is 19.5 Å². The fourth-order valence-corrected chi connectivity index (χ4v) is 5.37. The minimum absolute atomic E-state index is 0. The zero-order valence-corrected chi connectivity index (χ0v) is 22.6. The van der Waals surface area contributed by atoms with Crippen LogP contribution in [0.3, 0.4) is 0 Å². The van der Waals surface area contributed by atoms with Gasteiger partial charge in [-0.15, -0.1) is 5.01 Å². The first-order valence-electron chi connectivity index (χ1n) is 11.0. The van der Waals surface area contributed by atoms with Gasteiger partial charge in [0.25, 0.3) is 6.34 Å². The molecule has 3 aromatic carbocycles. The predicted molar refractivity (Wildman–Crippen MR) is 141 cm³/mol. The lowest BCUT2D eigenvalue weighted by atomic mass is 9.71. The number of hydrogen-bond acceptors (Lipinski definition) is 6. The first-order valence-corrected chi connectivity index (χ1v) is 12.6. The summed E-state index contributed by atoms with van der Waals surface area (Å²) in [6.07, 6.45) is 5.61. The molecule has 8 heteroatoms. The van der Waals surface area contributed by atoms with E-state index in [-0.39, 0.29) is 12.4 Å².